The highest BCUT2D eigenvalue weighted by Crippen LogP contribution is 2.31. The fourth-order valence-electron chi connectivity index (χ4n) is 2.89. The van der Waals surface area contributed by atoms with E-state index in [0.29, 0.717) is 18.1 Å². The van der Waals surface area contributed by atoms with Crippen molar-refractivity contribution in [2.45, 2.75) is 38.5 Å². The summed E-state index contributed by atoms with van der Waals surface area (Å²) in [5.74, 6) is 0.579. The number of hydrogen-bond donors (Lipinski definition) is 2. The van der Waals surface area contributed by atoms with Gasteiger partial charge in [0, 0.05) is 17.8 Å². The van der Waals surface area contributed by atoms with E-state index in [-0.39, 0.29) is 11.8 Å². The summed E-state index contributed by atoms with van der Waals surface area (Å²) in [4.78, 5) is 28.8. The summed E-state index contributed by atoms with van der Waals surface area (Å²) < 4.78 is 1.83. The smallest absolute Gasteiger partial charge is 0.234 e. The summed E-state index contributed by atoms with van der Waals surface area (Å²) in [6.45, 7) is 8.06. The van der Waals surface area contributed by atoms with Crippen molar-refractivity contribution < 1.29 is 9.59 Å². The van der Waals surface area contributed by atoms with Crippen molar-refractivity contribution in [3.05, 3.63) is 47.5 Å². The molecule has 0 fully saturated rings. The van der Waals surface area contributed by atoms with Crippen LogP contribution in [0.2, 0.25) is 0 Å². The number of nitrogens with one attached hydrogen (secondary N) is 2. The first-order chi connectivity index (χ1) is 13.8. The molecular weight excluding hydrogens is 402 g/mol. The fourth-order valence-corrected chi connectivity index (χ4v) is 4.80. The van der Waals surface area contributed by atoms with Gasteiger partial charge in [-0.25, -0.2) is 4.98 Å². The highest BCUT2D eigenvalue weighted by atomic mass is 32.2. The van der Waals surface area contributed by atoms with Crippen LogP contribution in [0.15, 0.2) is 40.7 Å². The number of amides is 2. The molecule has 7 heteroatoms. The Morgan fingerprint density at radius 3 is 2.59 bits per heavy atom. The quantitative estimate of drug-likeness (QED) is 0.480. The number of aryl methyl sites for hydroxylation is 2. The van der Waals surface area contributed by atoms with E-state index in [1.54, 1.807) is 0 Å². The highest BCUT2D eigenvalue weighted by Gasteiger charge is 2.11. The third-order valence-corrected chi connectivity index (χ3v) is 6.39. The lowest BCUT2D eigenvalue weighted by Gasteiger charge is -2.08. The van der Waals surface area contributed by atoms with E-state index in [4.69, 9.17) is 0 Å². The average molecular weight is 428 g/mol. The Balaban J connectivity index is 1.60. The molecule has 0 radical (unpaired) electrons. The van der Waals surface area contributed by atoms with Crippen LogP contribution in [0, 0.1) is 19.8 Å². The van der Waals surface area contributed by atoms with Gasteiger partial charge in [0.25, 0.3) is 0 Å². The van der Waals surface area contributed by atoms with Crippen LogP contribution < -0.4 is 10.6 Å². The van der Waals surface area contributed by atoms with E-state index in [9.17, 15) is 9.59 Å². The predicted molar refractivity (Wildman–Crippen MR) is 123 cm³/mol. The number of rotatable bonds is 7. The van der Waals surface area contributed by atoms with Crippen molar-refractivity contribution in [1.29, 1.82) is 0 Å². The lowest BCUT2D eigenvalue weighted by atomic mass is 10.1. The minimum atomic E-state index is -0.0529. The Bertz CT molecular complexity index is 1040. The van der Waals surface area contributed by atoms with Crippen LogP contribution >= 0.6 is 23.1 Å². The number of aromatic nitrogens is 1. The SMILES string of the molecule is Cc1ccc(NC(=O)CSc2nc3ccc(NC(=O)CC(C)C)cc3s2)c(C)c1. The van der Waals surface area contributed by atoms with Crippen LogP contribution in [0.25, 0.3) is 10.2 Å². The van der Waals surface area contributed by atoms with Gasteiger partial charge in [0.1, 0.15) is 0 Å². The van der Waals surface area contributed by atoms with E-state index >= 15 is 0 Å². The molecule has 0 aliphatic rings. The summed E-state index contributed by atoms with van der Waals surface area (Å²) in [7, 11) is 0. The molecule has 0 aliphatic heterocycles. The predicted octanol–water partition coefficient (Wildman–Crippen LogP) is 5.63. The minimum Gasteiger partial charge on any atom is -0.326 e. The Hall–Kier alpha value is -2.38. The maximum Gasteiger partial charge on any atom is 0.234 e. The molecule has 152 valence electrons. The van der Waals surface area contributed by atoms with Gasteiger partial charge in [-0.2, -0.15) is 0 Å². The molecule has 0 saturated carbocycles. The van der Waals surface area contributed by atoms with Gasteiger partial charge < -0.3 is 10.6 Å². The molecule has 0 saturated heterocycles. The topological polar surface area (TPSA) is 71.1 Å². The number of fused-ring (bicyclic) bond motifs is 1. The van der Waals surface area contributed by atoms with Crippen LogP contribution in [0.3, 0.4) is 0 Å². The van der Waals surface area contributed by atoms with Crippen LogP contribution in [0.1, 0.15) is 31.4 Å². The van der Waals surface area contributed by atoms with Crippen molar-refractivity contribution in [3.63, 3.8) is 0 Å². The van der Waals surface area contributed by atoms with E-state index < -0.39 is 0 Å². The number of anilines is 2. The van der Waals surface area contributed by atoms with E-state index in [2.05, 4.69) is 15.6 Å². The normalized spacial score (nSPS) is 11.1. The van der Waals surface area contributed by atoms with Gasteiger partial charge in [-0.15, -0.1) is 11.3 Å². The number of carbonyl (C=O) groups excluding carboxylic acids is 2. The van der Waals surface area contributed by atoms with Gasteiger partial charge in [0.15, 0.2) is 4.34 Å². The van der Waals surface area contributed by atoms with Crippen LogP contribution in [0.4, 0.5) is 11.4 Å². The summed E-state index contributed by atoms with van der Waals surface area (Å²) >= 11 is 2.95. The molecule has 0 bridgehead atoms. The third kappa shape index (κ3) is 6.05. The monoisotopic (exact) mass is 427 g/mol. The molecule has 29 heavy (non-hydrogen) atoms. The number of nitrogens with zero attached hydrogens (tertiary/aromatic N) is 1. The van der Waals surface area contributed by atoms with E-state index in [1.165, 1.54) is 28.7 Å². The zero-order valence-corrected chi connectivity index (χ0v) is 18.7. The van der Waals surface area contributed by atoms with Crippen molar-refractivity contribution >= 4 is 56.5 Å². The first kappa shape index (κ1) is 21.3. The second kappa shape index (κ2) is 9.41. The first-order valence-corrected chi connectivity index (χ1v) is 11.3. The Kier molecular flexibility index (Phi) is 6.92. The van der Waals surface area contributed by atoms with Gasteiger partial charge in [-0.05, 0) is 49.6 Å². The molecule has 2 aromatic carbocycles. The largest absolute Gasteiger partial charge is 0.326 e. The number of benzene rings is 2. The molecule has 0 spiro atoms. The molecule has 1 heterocycles. The van der Waals surface area contributed by atoms with Gasteiger partial charge in [-0.1, -0.05) is 43.3 Å². The van der Waals surface area contributed by atoms with E-state index in [1.807, 2.05) is 64.1 Å². The number of carbonyl (C=O) groups is 2. The van der Waals surface area contributed by atoms with Crippen LogP contribution in [-0.2, 0) is 9.59 Å². The fraction of sp³-hybridized carbons (Fsp3) is 0.318. The zero-order chi connectivity index (χ0) is 21.0. The average Bonchev–Trinajstić information content (AvgIpc) is 3.04. The Morgan fingerprint density at radius 1 is 1.07 bits per heavy atom. The Labute approximate surface area is 179 Å². The van der Waals surface area contributed by atoms with Crippen LogP contribution in [0.5, 0.6) is 0 Å². The number of thioether (sulfide) groups is 1. The van der Waals surface area contributed by atoms with Gasteiger partial charge >= 0.3 is 0 Å². The lowest BCUT2D eigenvalue weighted by Crippen LogP contribution is -2.14. The lowest BCUT2D eigenvalue weighted by molar-refractivity contribution is -0.117. The zero-order valence-electron chi connectivity index (χ0n) is 17.0. The summed E-state index contributed by atoms with van der Waals surface area (Å²) in [5.41, 5.74) is 4.71. The molecule has 2 N–H and O–H groups in total. The maximum absolute atomic E-state index is 12.3. The molecule has 0 aliphatic carbocycles. The molecule has 0 unspecified atom stereocenters. The molecule has 3 rings (SSSR count). The van der Waals surface area contributed by atoms with E-state index in [0.717, 1.165) is 31.5 Å². The van der Waals surface area contributed by atoms with Crippen molar-refractivity contribution in [2.75, 3.05) is 16.4 Å². The number of hydrogen-bond acceptors (Lipinski definition) is 5. The molecule has 5 nitrogen and oxygen atoms in total. The molecule has 1 aromatic heterocycles. The van der Waals surface area contributed by atoms with Crippen molar-refractivity contribution in [2.24, 2.45) is 5.92 Å². The molecule has 2 amide bonds. The van der Waals surface area contributed by atoms with Crippen molar-refractivity contribution in [1.82, 2.24) is 4.98 Å². The third-order valence-electron chi connectivity index (χ3n) is 4.23. The van der Waals surface area contributed by atoms with Gasteiger partial charge in [0.2, 0.25) is 11.8 Å². The van der Waals surface area contributed by atoms with Crippen molar-refractivity contribution in [3.8, 4) is 0 Å². The van der Waals surface area contributed by atoms with Crippen LogP contribution in [-0.4, -0.2) is 22.6 Å². The molecule has 3 aromatic rings. The maximum atomic E-state index is 12.3. The standard InChI is InChI=1S/C22H25N3O2S2/c1-13(2)9-20(26)23-16-6-8-18-19(11-16)29-22(25-18)28-12-21(27)24-17-7-5-14(3)10-15(17)4/h5-8,10-11,13H,9,12H2,1-4H3,(H,23,26)(H,24,27). The first-order valence-electron chi connectivity index (χ1n) is 9.50. The summed E-state index contributed by atoms with van der Waals surface area (Å²) in [6.07, 6.45) is 0.497. The van der Waals surface area contributed by atoms with Gasteiger partial charge in [0.05, 0.1) is 16.0 Å². The summed E-state index contributed by atoms with van der Waals surface area (Å²) in [6, 6.07) is 11.7. The molecule has 0 atom stereocenters. The number of thiazole rings is 1. The summed E-state index contributed by atoms with van der Waals surface area (Å²) in [5, 5.41) is 5.89. The van der Waals surface area contributed by atoms with Gasteiger partial charge in [-0.3, -0.25) is 9.59 Å². The molecular formula is C22H25N3O2S2. The Morgan fingerprint density at radius 2 is 1.86 bits per heavy atom. The second-order valence-corrected chi connectivity index (χ2v) is 9.72. The second-order valence-electron chi connectivity index (χ2n) is 7.46. The minimum absolute atomic E-state index is 0.0153. The highest BCUT2D eigenvalue weighted by molar-refractivity contribution is 8.01.